The number of allylic oxidation sites excluding steroid dienone is 16. The van der Waals surface area contributed by atoms with Crippen molar-refractivity contribution in [3.05, 3.63) is 97.2 Å². The number of amides is 1. The predicted octanol–water partition coefficient (Wildman–Crippen LogP) is 24.4. The number of aliphatic hydroxyl groups excluding tert-OH is 2. The lowest BCUT2D eigenvalue weighted by Gasteiger charge is -2.22. The summed E-state index contributed by atoms with van der Waals surface area (Å²) in [5, 5.41) is 23.5. The Bertz CT molecular complexity index is 1450. The van der Waals surface area contributed by atoms with E-state index in [1.165, 1.54) is 257 Å². The molecule has 0 fully saturated rings. The van der Waals surface area contributed by atoms with Gasteiger partial charge in [0.05, 0.1) is 18.8 Å². The van der Waals surface area contributed by atoms with Crippen molar-refractivity contribution in [1.82, 2.24) is 5.32 Å². The molecule has 1 amide bonds. The van der Waals surface area contributed by atoms with Gasteiger partial charge in [0.25, 0.3) is 0 Å². The highest BCUT2D eigenvalue weighted by molar-refractivity contribution is 5.76. The largest absolute Gasteiger partial charge is 0.394 e. The molecule has 0 aliphatic carbocycles. The first-order valence-corrected chi connectivity index (χ1v) is 35.4. The second-order valence-electron chi connectivity index (χ2n) is 23.9. The van der Waals surface area contributed by atoms with E-state index in [1.807, 2.05) is 0 Å². The van der Waals surface area contributed by atoms with Gasteiger partial charge in [-0.15, -0.1) is 0 Å². The molecule has 0 saturated heterocycles. The van der Waals surface area contributed by atoms with E-state index in [-0.39, 0.29) is 12.5 Å². The number of unbranched alkanes of at least 4 members (excludes halogenated alkanes) is 42. The lowest BCUT2D eigenvalue weighted by atomic mass is 10.0. The first-order valence-electron chi connectivity index (χ1n) is 35.4. The molecule has 4 nitrogen and oxygen atoms in total. The first kappa shape index (κ1) is 77.3. The molecule has 2 atom stereocenters. The fourth-order valence-corrected chi connectivity index (χ4v) is 10.8. The molecule has 0 aliphatic heterocycles. The molecule has 0 aromatic rings. The third-order valence-electron chi connectivity index (χ3n) is 16.1. The SMILES string of the molecule is CC/C=C\C/C=C\C/C=C\C/C=C\C/C=C\C/C=C\C/C=C\C/C=C\CCCCCCCCCCCCCCC(=O)NC(CO)C(O)CCCCCCCCCCCCCCCCCCCCCCCCCCCCCCCCC. The van der Waals surface area contributed by atoms with Crippen molar-refractivity contribution in [3.8, 4) is 0 Å². The van der Waals surface area contributed by atoms with Gasteiger partial charge in [-0.3, -0.25) is 4.79 Å². The number of carbonyl (C=O) groups excluding carboxylic acids is 1. The van der Waals surface area contributed by atoms with Gasteiger partial charge in [-0.25, -0.2) is 0 Å². The summed E-state index contributed by atoms with van der Waals surface area (Å²) >= 11 is 0. The fourth-order valence-electron chi connectivity index (χ4n) is 10.8. The van der Waals surface area contributed by atoms with E-state index < -0.39 is 12.1 Å². The minimum Gasteiger partial charge on any atom is -0.394 e. The molecule has 0 heterocycles. The maximum absolute atomic E-state index is 12.6. The Kier molecular flexibility index (Phi) is 68.2. The van der Waals surface area contributed by atoms with Crippen LogP contribution in [0.4, 0.5) is 0 Å². The third kappa shape index (κ3) is 66.1. The highest BCUT2D eigenvalue weighted by Gasteiger charge is 2.20. The Morgan fingerprint density at radius 1 is 0.312 bits per heavy atom. The van der Waals surface area contributed by atoms with Crippen LogP contribution in [0.25, 0.3) is 0 Å². The van der Waals surface area contributed by atoms with E-state index in [1.54, 1.807) is 0 Å². The van der Waals surface area contributed by atoms with E-state index in [9.17, 15) is 15.0 Å². The van der Waals surface area contributed by atoms with Crippen LogP contribution in [0, 0.1) is 0 Å². The molecule has 3 N–H and O–H groups in total. The number of rotatable bonds is 65. The average molecular weight is 1110 g/mol. The van der Waals surface area contributed by atoms with Crippen LogP contribution in [0.3, 0.4) is 0 Å². The van der Waals surface area contributed by atoms with E-state index >= 15 is 0 Å². The predicted molar refractivity (Wildman–Crippen MR) is 359 cm³/mol. The minimum absolute atomic E-state index is 0.0319. The fraction of sp³-hybridized carbons (Fsp3) is 0.776. The van der Waals surface area contributed by atoms with E-state index in [2.05, 4.69) is 116 Å². The lowest BCUT2D eigenvalue weighted by Crippen LogP contribution is -2.45. The quantitative estimate of drug-likeness (QED) is 0.0420. The van der Waals surface area contributed by atoms with Gasteiger partial charge in [-0.2, -0.15) is 0 Å². The van der Waals surface area contributed by atoms with Crippen LogP contribution < -0.4 is 5.32 Å². The molecule has 0 rings (SSSR count). The lowest BCUT2D eigenvalue weighted by molar-refractivity contribution is -0.123. The summed E-state index contributed by atoms with van der Waals surface area (Å²) in [7, 11) is 0. The maximum Gasteiger partial charge on any atom is 0.220 e. The molecule has 0 spiro atoms. The molecule has 464 valence electrons. The van der Waals surface area contributed by atoms with Crippen molar-refractivity contribution >= 4 is 5.91 Å². The zero-order valence-corrected chi connectivity index (χ0v) is 53.6. The number of carbonyl (C=O) groups is 1. The Labute approximate surface area is 500 Å². The number of hydrogen-bond donors (Lipinski definition) is 3. The molecule has 0 aromatic heterocycles. The van der Waals surface area contributed by atoms with Crippen LogP contribution in [-0.4, -0.2) is 34.9 Å². The zero-order chi connectivity index (χ0) is 57.6. The Balaban J connectivity index is 3.47. The summed E-state index contributed by atoms with van der Waals surface area (Å²) in [6.45, 7) is 4.27. The summed E-state index contributed by atoms with van der Waals surface area (Å²) in [4.78, 5) is 12.6. The normalized spacial score (nSPS) is 13.3. The topological polar surface area (TPSA) is 69.6 Å². The number of nitrogens with one attached hydrogen (secondary N) is 1. The Morgan fingerprint density at radius 3 is 0.825 bits per heavy atom. The monoisotopic (exact) mass is 1110 g/mol. The molecule has 0 bridgehead atoms. The molecule has 0 radical (unpaired) electrons. The van der Waals surface area contributed by atoms with Crippen molar-refractivity contribution in [1.29, 1.82) is 0 Å². The van der Waals surface area contributed by atoms with Crippen molar-refractivity contribution in [2.45, 2.75) is 373 Å². The Hall–Kier alpha value is -2.69. The molecule has 0 aromatic carbocycles. The van der Waals surface area contributed by atoms with Gasteiger partial charge >= 0.3 is 0 Å². The second-order valence-corrected chi connectivity index (χ2v) is 23.9. The third-order valence-corrected chi connectivity index (χ3v) is 16.1. The van der Waals surface area contributed by atoms with Crippen LogP contribution in [0.2, 0.25) is 0 Å². The molecule has 2 unspecified atom stereocenters. The first-order chi connectivity index (χ1) is 39.7. The summed E-state index contributed by atoms with van der Waals surface area (Å²) in [6.07, 6.45) is 105. The standard InChI is InChI=1S/C76H137NO3/c1-3-5-7-9-11-13-15-17-19-21-23-25-27-29-31-33-35-36-37-38-39-40-42-44-46-48-50-52-54-56-58-60-62-64-66-68-70-72-76(80)77-74(73-78)75(79)71-69-67-65-63-61-59-57-55-53-51-49-47-45-43-41-34-32-30-28-26-24-22-20-18-16-14-12-10-8-6-4-2/h5,7,11,13,17,19,23,25,29,31,35-36,38-39,42,44,74-75,78-79H,3-4,6,8-10,12,14-16,18,20-22,24,26-28,30,32-34,37,40-41,43,45-73H2,1-2H3,(H,77,80)/b7-5-,13-11-,19-17-,25-23-,31-29-,36-35-,39-38-,44-42-. The van der Waals surface area contributed by atoms with Gasteiger partial charge in [-0.1, -0.05) is 374 Å². The Morgan fingerprint density at radius 2 is 0.550 bits per heavy atom. The number of aliphatic hydroxyl groups is 2. The number of hydrogen-bond acceptors (Lipinski definition) is 3. The molecule has 0 saturated carbocycles. The van der Waals surface area contributed by atoms with Crippen molar-refractivity contribution in [2.75, 3.05) is 6.61 Å². The molecule has 4 heteroatoms. The van der Waals surface area contributed by atoms with Crippen LogP contribution in [-0.2, 0) is 4.79 Å². The van der Waals surface area contributed by atoms with Gasteiger partial charge in [0.1, 0.15) is 0 Å². The maximum atomic E-state index is 12.6. The van der Waals surface area contributed by atoms with Crippen molar-refractivity contribution in [2.24, 2.45) is 0 Å². The van der Waals surface area contributed by atoms with Gasteiger partial charge in [0, 0.05) is 6.42 Å². The van der Waals surface area contributed by atoms with Gasteiger partial charge in [0.15, 0.2) is 0 Å². The summed E-state index contributed by atoms with van der Waals surface area (Å²) in [5.41, 5.74) is 0. The summed E-state index contributed by atoms with van der Waals surface area (Å²) < 4.78 is 0. The van der Waals surface area contributed by atoms with Crippen LogP contribution in [0.15, 0.2) is 97.2 Å². The van der Waals surface area contributed by atoms with E-state index in [0.29, 0.717) is 12.8 Å². The highest BCUT2D eigenvalue weighted by atomic mass is 16.3. The molecule has 0 aliphatic rings. The highest BCUT2D eigenvalue weighted by Crippen LogP contribution is 2.19. The van der Waals surface area contributed by atoms with Crippen LogP contribution >= 0.6 is 0 Å². The molecule has 80 heavy (non-hydrogen) atoms. The minimum atomic E-state index is -0.668. The average Bonchev–Trinajstić information content (AvgIpc) is 3.46. The smallest absolute Gasteiger partial charge is 0.220 e. The van der Waals surface area contributed by atoms with E-state index in [0.717, 1.165) is 77.0 Å². The van der Waals surface area contributed by atoms with E-state index in [4.69, 9.17) is 0 Å². The van der Waals surface area contributed by atoms with Crippen LogP contribution in [0.5, 0.6) is 0 Å². The molecular formula is C76H137NO3. The summed E-state index contributed by atoms with van der Waals surface area (Å²) in [5.74, 6) is -0.0319. The van der Waals surface area contributed by atoms with Crippen molar-refractivity contribution < 1.29 is 15.0 Å². The second kappa shape index (κ2) is 70.6. The van der Waals surface area contributed by atoms with Gasteiger partial charge < -0.3 is 15.5 Å². The van der Waals surface area contributed by atoms with Crippen molar-refractivity contribution in [3.63, 3.8) is 0 Å². The van der Waals surface area contributed by atoms with Gasteiger partial charge in [0.2, 0.25) is 5.91 Å². The summed E-state index contributed by atoms with van der Waals surface area (Å²) in [6, 6.07) is -0.545. The zero-order valence-electron chi connectivity index (χ0n) is 53.6. The molecular weight excluding hydrogens is 975 g/mol. The van der Waals surface area contributed by atoms with Crippen LogP contribution in [0.1, 0.15) is 361 Å². The van der Waals surface area contributed by atoms with Gasteiger partial charge in [-0.05, 0) is 77.0 Å².